The van der Waals surface area contributed by atoms with Crippen molar-refractivity contribution in [2.45, 2.75) is 31.1 Å². The fraction of sp³-hybridized carbons (Fsp3) is 0.700. The highest BCUT2D eigenvalue weighted by Crippen LogP contribution is 2.26. The lowest BCUT2D eigenvalue weighted by Gasteiger charge is -2.28. The van der Waals surface area contributed by atoms with Crippen LogP contribution in [0.4, 0.5) is 0 Å². The Balaban J connectivity index is 3.05. The van der Waals surface area contributed by atoms with E-state index in [1.54, 1.807) is 11.7 Å². The first-order valence-electron chi connectivity index (χ1n) is 5.31. The highest BCUT2D eigenvalue weighted by Gasteiger charge is 2.27. The predicted molar refractivity (Wildman–Crippen MR) is 65.5 cm³/mol. The van der Waals surface area contributed by atoms with Crippen LogP contribution in [0.2, 0.25) is 0 Å². The summed E-state index contributed by atoms with van der Waals surface area (Å²) in [7, 11) is 1.58. The number of hydrogen-bond donors (Lipinski definition) is 2. The number of rotatable bonds is 7. The molecular weight excluding hydrogens is 258 g/mol. The molecule has 1 aromatic rings. The van der Waals surface area contributed by atoms with Crippen molar-refractivity contribution >= 4 is 17.7 Å². The molecule has 0 atom stereocenters. The summed E-state index contributed by atoms with van der Waals surface area (Å²) in [5.41, 5.74) is -0.461. The van der Waals surface area contributed by atoms with Crippen molar-refractivity contribution in [3.63, 3.8) is 0 Å². The first kappa shape index (κ1) is 14.9. The van der Waals surface area contributed by atoms with Gasteiger partial charge in [0.05, 0.1) is 17.9 Å². The van der Waals surface area contributed by atoms with Crippen LogP contribution in [0.5, 0.6) is 0 Å². The number of carboxylic acid groups (broad SMARTS) is 1. The summed E-state index contributed by atoms with van der Waals surface area (Å²) in [5, 5.41) is 26.2. The molecule has 18 heavy (non-hydrogen) atoms. The van der Waals surface area contributed by atoms with E-state index >= 15 is 0 Å². The Morgan fingerprint density at radius 1 is 1.50 bits per heavy atom. The number of aliphatic hydroxyl groups excluding tert-OH is 1. The van der Waals surface area contributed by atoms with E-state index in [9.17, 15) is 9.90 Å². The van der Waals surface area contributed by atoms with Gasteiger partial charge in [-0.2, -0.15) is 0 Å². The minimum absolute atomic E-state index is 0.105. The molecule has 0 amide bonds. The standard InChI is InChI=1S/C10H17N3O4S/c1-10(2,6-17-3)13-7(4-14)11-12-9(13)18-5-8(15)16/h14H,4-6H2,1-3H3,(H,15,16). The molecule has 0 aliphatic rings. The number of nitrogens with zero attached hydrogens (tertiary/aromatic N) is 3. The molecule has 8 heteroatoms. The maximum atomic E-state index is 10.6. The van der Waals surface area contributed by atoms with Crippen LogP contribution in [-0.2, 0) is 21.7 Å². The second-order valence-electron chi connectivity index (χ2n) is 4.32. The van der Waals surface area contributed by atoms with E-state index in [2.05, 4.69) is 10.2 Å². The molecule has 0 unspecified atom stereocenters. The van der Waals surface area contributed by atoms with Crippen LogP contribution in [0.3, 0.4) is 0 Å². The number of aliphatic carboxylic acids is 1. The summed E-state index contributed by atoms with van der Waals surface area (Å²) < 4.78 is 6.84. The Morgan fingerprint density at radius 3 is 2.67 bits per heavy atom. The van der Waals surface area contributed by atoms with Gasteiger partial charge < -0.3 is 14.9 Å². The van der Waals surface area contributed by atoms with E-state index in [1.165, 1.54) is 0 Å². The first-order chi connectivity index (χ1) is 8.42. The molecule has 102 valence electrons. The Kier molecular flexibility index (Phi) is 5.12. The van der Waals surface area contributed by atoms with Gasteiger partial charge in [-0.05, 0) is 13.8 Å². The lowest BCUT2D eigenvalue weighted by Crippen LogP contribution is -2.33. The fourth-order valence-corrected chi connectivity index (χ4v) is 2.48. The van der Waals surface area contributed by atoms with Crippen molar-refractivity contribution in [3.8, 4) is 0 Å². The number of carboxylic acids is 1. The first-order valence-corrected chi connectivity index (χ1v) is 6.30. The lowest BCUT2D eigenvalue weighted by atomic mass is 10.1. The van der Waals surface area contributed by atoms with Crippen molar-refractivity contribution in [1.82, 2.24) is 14.8 Å². The number of hydrogen-bond acceptors (Lipinski definition) is 6. The van der Waals surface area contributed by atoms with Crippen LogP contribution in [-0.4, -0.2) is 50.4 Å². The third-order valence-electron chi connectivity index (χ3n) is 2.27. The largest absolute Gasteiger partial charge is 0.481 e. The maximum absolute atomic E-state index is 10.6. The fourth-order valence-electron chi connectivity index (χ4n) is 1.65. The van der Waals surface area contributed by atoms with Crippen molar-refractivity contribution in [3.05, 3.63) is 5.82 Å². The molecule has 0 saturated heterocycles. The average molecular weight is 275 g/mol. The minimum Gasteiger partial charge on any atom is -0.481 e. The molecule has 0 aromatic carbocycles. The van der Waals surface area contributed by atoms with Crippen molar-refractivity contribution in [2.75, 3.05) is 19.5 Å². The number of ether oxygens (including phenoxy) is 1. The highest BCUT2D eigenvalue weighted by molar-refractivity contribution is 7.99. The summed E-state index contributed by atoms with van der Waals surface area (Å²) in [6, 6.07) is 0. The highest BCUT2D eigenvalue weighted by atomic mass is 32.2. The molecular formula is C10H17N3O4S. The van der Waals surface area contributed by atoms with Crippen LogP contribution >= 0.6 is 11.8 Å². The second-order valence-corrected chi connectivity index (χ2v) is 5.26. The number of carbonyl (C=O) groups is 1. The molecule has 0 fully saturated rings. The Labute approximate surface area is 109 Å². The van der Waals surface area contributed by atoms with E-state index in [-0.39, 0.29) is 12.4 Å². The van der Waals surface area contributed by atoms with Gasteiger partial charge in [-0.1, -0.05) is 11.8 Å². The molecule has 0 saturated carbocycles. The maximum Gasteiger partial charge on any atom is 0.313 e. The summed E-state index contributed by atoms with van der Waals surface area (Å²) in [6.07, 6.45) is 0. The Morgan fingerprint density at radius 2 is 2.17 bits per heavy atom. The average Bonchev–Trinajstić information content (AvgIpc) is 2.69. The molecule has 0 bridgehead atoms. The van der Waals surface area contributed by atoms with Gasteiger partial charge in [0.25, 0.3) is 0 Å². The molecule has 0 radical (unpaired) electrons. The quantitative estimate of drug-likeness (QED) is 0.692. The zero-order chi connectivity index (χ0) is 13.8. The van der Waals surface area contributed by atoms with Crippen molar-refractivity contribution < 1.29 is 19.7 Å². The number of aromatic nitrogens is 3. The molecule has 1 aromatic heterocycles. The summed E-state index contributed by atoms with van der Waals surface area (Å²) >= 11 is 1.07. The zero-order valence-electron chi connectivity index (χ0n) is 10.6. The molecule has 1 rings (SSSR count). The van der Waals surface area contributed by atoms with Gasteiger partial charge in [0.2, 0.25) is 0 Å². The third kappa shape index (κ3) is 3.44. The lowest BCUT2D eigenvalue weighted by molar-refractivity contribution is -0.133. The molecule has 2 N–H and O–H groups in total. The van der Waals surface area contributed by atoms with E-state index in [1.807, 2.05) is 13.8 Å². The minimum atomic E-state index is -0.926. The van der Waals surface area contributed by atoms with Crippen LogP contribution in [0.1, 0.15) is 19.7 Å². The van der Waals surface area contributed by atoms with Crippen molar-refractivity contribution in [1.29, 1.82) is 0 Å². The molecule has 0 aliphatic carbocycles. The number of methoxy groups -OCH3 is 1. The summed E-state index contributed by atoms with van der Waals surface area (Å²) in [4.78, 5) is 10.6. The van der Waals surface area contributed by atoms with Gasteiger partial charge in [0, 0.05) is 7.11 Å². The van der Waals surface area contributed by atoms with Crippen LogP contribution in [0.15, 0.2) is 5.16 Å². The van der Waals surface area contributed by atoms with E-state index in [0.29, 0.717) is 17.6 Å². The molecule has 0 aliphatic heterocycles. The normalized spacial score (nSPS) is 11.8. The zero-order valence-corrected chi connectivity index (χ0v) is 11.4. The predicted octanol–water partition coefficient (Wildman–Crippen LogP) is 0.329. The summed E-state index contributed by atoms with van der Waals surface area (Å²) in [5.74, 6) is -0.637. The van der Waals surface area contributed by atoms with E-state index in [4.69, 9.17) is 9.84 Å². The van der Waals surface area contributed by atoms with Gasteiger partial charge >= 0.3 is 5.97 Å². The Bertz CT molecular complexity index is 419. The monoisotopic (exact) mass is 275 g/mol. The number of aliphatic hydroxyl groups is 1. The van der Waals surface area contributed by atoms with Gasteiger partial charge in [-0.15, -0.1) is 10.2 Å². The molecule has 1 heterocycles. The van der Waals surface area contributed by atoms with Crippen LogP contribution < -0.4 is 0 Å². The van der Waals surface area contributed by atoms with Gasteiger partial charge in [0.15, 0.2) is 11.0 Å². The molecule has 0 spiro atoms. The molecule has 7 nitrogen and oxygen atoms in total. The van der Waals surface area contributed by atoms with Gasteiger partial charge in [-0.3, -0.25) is 9.36 Å². The SMILES string of the molecule is COCC(C)(C)n1c(CO)nnc1SCC(=O)O. The van der Waals surface area contributed by atoms with E-state index < -0.39 is 11.5 Å². The van der Waals surface area contributed by atoms with Crippen LogP contribution in [0.25, 0.3) is 0 Å². The number of thioether (sulfide) groups is 1. The van der Waals surface area contributed by atoms with Gasteiger partial charge in [0.1, 0.15) is 6.61 Å². The third-order valence-corrected chi connectivity index (χ3v) is 3.18. The van der Waals surface area contributed by atoms with Crippen LogP contribution in [0, 0.1) is 0 Å². The topological polar surface area (TPSA) is 97.5 Å². The van der Waals surface area contributed by atoms with Crippen molar-refractivity contribution in [2.24, 2.45) is 0 Å². The Hall–Kier alpha value is -1.12. The van der Waals surface area contributed by atoms with Gasteiger partial charge in [-0.25, -0.2) is 0 Å². The smallest absolute Gasteiger partial charge is 0.313 e. The summed E-state index contributed by atoms with van der Waals surface area (Å²) in [6.45, 7) is 3.96. The second kappa shape index (κ2) is 6.17. The van der Waals surface area contributed by atoms with E-state index in [0.717, 1.165) is 11.8 Å².